The van der Waals surface area contributed by atoms with Crippen LogP contribution in [0, 0.1) is 11.7 Å². The number of aryl methyl sites for hydroxylation is 1. The second kappa shape index (κ2) is 8.81. The van der Waals surface area contributed by atoms with Gasteiger partial charge in [-0.2, -0.15) is 5.10 Å². The van der Waals surface area contributed by atoms with Crippen LogP contribution in [0.2, 0.25) is 5.02 Å². The van der Waals surface area contributed by atoms with Crippen molar-refractivity contribution in [3.05, 3.63) is 69.5 Å². The van der Waals surface area contributed by atoms with Crippen molar-refractivity contribution < 1.29 is 9.59 Å². The minimum Gasteiger partial charge on any atom is -0.300 e. The van der Waals surface area contributed by atoms with Gasteiger partial charge in [-0.25, -0.2) is 0 Å². The summed E-state index contributed by atoms with van der Waals surface area (Å²) in [5.74, 6) is -0.117. The molecule has 2 amide bonds. The molecule has 0 aliphatic rings. The highest BCUT2D eigenvalue weighted by molar-refractivity contribution is 7.71. The van der Waals surface area contributed by atoms with Gasteiger partial charge in [-0.05, 0) is 43.4 Å². The summed E-state index contributed by atoms with van der Waals surface area (Å²) in [6.45, 7) is 2.32. The molecule has 0 unspecified atom stereocenters. The van der Waals surface area contributed by atoms with Crippen molar-refractivity contribution in [3.63, 3.8) is 0 Å². The van der Waals surface area contributed by atoms with Gasteiger partial charge in [0.1, 0.15) is 0 Å². The van der Waals surface area contributed by atoms with Crippen molar-refractivity contribution in [2.45, 2.75) is 19.9 Å². The predicted octanol–water partition coefficient (Wildman–Crippen LogP) is 3.42. The number of amides is 2. The van der Waals surface area contributed by atoms with Crippen molar-refractivity contribution in [2.75, 3.05) is 0 Å². The fourth-order valence-electron chi connectivity index (χ4n) is 2.52. The van der Waals surface area contributed by atoms with E-state index in [1.54, 1.807) is 28.8 Å². The standard InChI is InChI=1S/C19H18ClN5O2S/c1-12-2-4-13(5-3-12)17-22-24-19(28)25(17)11-10-16(26)21-23-18(27)14-6-8-15(20)9-7-14/h2-9H,10-11H2,1H3,(H,21,26)(H,23,27)(H,24,28). The number of aromatic amines is 1. The van der Waals surface area contributed by atoms with Crippen LogP contribution in [0.3, 0.4) is 0 Å². The summed E-state index contributed by atoms with van der Waals surface area (Å²) in [5, 5.41) is 7.53. The van der Waals surface area contributed by atoms with E-state index in [0.29, 0.717) is 27.7 Å². The molecule has 0 aliphatic carbocycles. The second-order valence-electron chi connectivity index (χ2n) is 6.13. The Kier molecular flexibility index (Phi) is 6.23. The predicted molar refractivity (Wildman–Crippen MR) is 109 cm³/mol. The Hall–Kier alpha value is -2.97. The van der Waals surface area contributed by atoms with Gasteiger partial charge in [0.2, 0.25) is 5.91 Å². The van der Waals surface area contributed by atoms with E-state index in [0.717, 1.165) is 11.1 Å². The van der Waals surface area contributed by atoms with Gasteiger partial charge in [0.25, 0.3) is 5.91 Å². The molecule has 0 saturated carbocycles. The number of H-pyrrole nitrogens is 1. The number of hydrazine groups is 1. The fraction of sp³-hybridized carbons (Fsp3) is 0.158. The molecule has 2 aromatic carbocycles. The highest BCUT2D eigenvalue weighted by Gasteiger charge is 2.12. The maximum absolute atomic E-state index is 12.1. The Morgan fingerprint density at radius 2 is 1.79 bits per heavy atom. The van der Waals surface area contributed by atoms with E-state index in [4.69, 9.17) is 23.8 Å². The van der Waals surface area contributed by atoms with Gasteiger partial charge in [0.15, 0.2) is 10.6 Å². The molecule has 0 saturated heterocycles. The lowest BCUT2D eigenvalue weighted by molar-refractivity contribution is -0.122. The molecule has 0 atom stereocenters. The number of nitrogens with zero attached hydrogens (tertiary/aromatic N) is 2. The molecule has 28 heavy (non-hydrogen) atoms. The molecule has 0 spiro atoms. The third-order valence-corrected chi connectivity index (χ3v) is 4.62. The van der Waals surface area contributed by atoms with Crippen molar-refractivity contribution >= 4 is 35.6 Å². The van der Waals surface area contributed by atoms with E-state index < -0.39 is 5.91 Å². The van der Waals surface area contributed by atoms with E-state index in [-0.39, 0.29) is 12.3 Å². The van der Waals surface area contributed by atoms with Gasteiger partial charge in [-0.15, -0.1) is 0 Å². The Bertz CT molecular complexity index is 1040. The van der Waals surface area contributed by atoms with Gasteiger partial charge < -0.3 is 0 Å². The normalized spacial score (nSPS) is 10.5. The third kappa shape index (κ3) is 4.85. The van der Waals surface area contributed by atoms with E-state index in [1.165, 1.54) is 0 Å². The molecule has 0 radical (unpaired) electrons. The zero-order valence-electron chi connectivity index (χ0n) is 15.0. The van der Waals surface area contributed by atoms with Crippen LogP contribution in [0.15, 0.2) is 48.5 Å². The summed E-state index contributed by atoms with van der Waals surface area (Å²) in [6, 6.07) is 14.2. The van der Waals surface area contributed by atoms with Gasteiger partial charge in [-0.1, -0.05) is 41.4 Å². The summed E-state index contributed by atoms with van der Waals surface area (Å²) in [7, 11) is 0. The topological polar surface area (TPSA) is 91.8 Å². The van der Waals surface area contributed by atoms with Crippen LogP contribution >= 0.6 is 23.8 Å². The first-order valence-electron chi connectivity index (χ1n) is 8.51. The molecule has 0 aliphatic heterocycles. The minimum absolute atomic E-state index is 0.119. The first kappa shape index (κ1) is 19.8. The first-order valence-corrected chi connectivity index (χ1v) is 9.29. The number of nitrogens with one attached hydrogen (secondary N) is 3. The summed E-state index contributed by atoms with van der Waals surface area (Å²) in [6.07, 6.45) is 0.119. The molecule has 3 N–H and O–H groups in total. The van der Waals surface area contributed by atoms with E-state index in [9.17, 15) is 9.59 Å². The number of halogens is 1. The van der Waals surface area contributed by atoms with E-state index >= 15 is 0 Å². The van der Waals surface area contributed by atoms with Crippen LogP contribution in [0.25, 0.3) is 11.4 Å². The molecule has 144 valence electrons. The zero-order chi connectivity index (χ0) is 20.1. The monoisotopic (exact) mass is 415 g/mol. The molecule has 9 heteroatoms. The minimum atomic E-state index is -0.426. The zero-order valence-corrected chi connectivity index (χ0v) is 16.6. The fourth-order valence-corrected chi connectivity index (χ4v) is 2.87. The summed E-state index contributed by atoms with van der Waals surface area (Å²) in [5.41, 5.74) is 7.20. The lowest BCUT2D eigenvalue weighted by Gasteiger charge is -2.09. The average Bonchev–Trinajstić information content (AvgIpc) is 3.06. The average molecular weight is 416 g/mol. The summed E-state index contributed by atoms with van der Waals surface area (Å²) in [4.78, 5) is 24.1. The lowest BCUT2D eigenvalue weighted by atomic mass is 10.1. The van der Waals surface area contributed by atoms with Gasteiger partial charge in [0, 0.05) is 29.1 Å². The van der Waals surface area contributed by atoms with Crippen LogP contribution in [0.1, 0.15) is 22.3 Å². The Balaban J connectivity index is 1.58. The highest BCUT2D eigenvalue weighted by atomic mass is 35.5. The number of hydrogen-bond donors (Lipinski definition) is 3. The number of carbonyl (C=O) groups is 2. The molecule has 3 rings (SSSR count). The lowest BCUT2D eigenvalue weighted by Crippen LogP contribution is -2.41. The molecule has 0 bridgehead atoms. The third-order valence-electron chi connectivity index (χ3n) is 4.05. The number of rotatable bonds is 5. The molecular formula is C19H18ClN5O2S. The van der Waals surface area contributed by atoms with Crippen LogP contribution in [-0.2, 0) is 11.3 Å². The molecule has 3 aromatic rings. The Labute approximate surface area is 171 Å². The molecular weight excluding hydrogens is 398 g/mol. The van der Waals surface area contributed by atoms with Gasteiger partial charge >= 0.3 is 0 Å². The molecule has 0 fully saturated rings. The summed E-state index contributed by atoms with van der Waals surface area (Å²) < 4.78 is 2.18. The van der Waals surface area contributed by atoms with Crippen LogP contribution < -0.4 is 10.9 Å². The van der Waals surface area contributed by atoms with E-state index in [1.807, 2.05) is 31.2 Å². The van der Waals surface area contributed by atoms with Crippen molar-refractivity contribution in [2.24, 2.45) is 0 Å². The SMILES string of the molecule is Cc1ccc(-c2n[nH]c(=S)n2CCC(=O)NNC(=O)c2ccc(Cl)cc2)cc1. The maximum Gasteiger partial charge on any atom is 0.269 e. The highest BCUT2D eigenvalue weighted by Crippen LogP contribution is 2.18. The molecule has 7 nitrogen and oxygen atoms in total. The number of benzene rings is 2. The summed E-state index contributed by atoms with van der Waals surface area (Å²) >= 11 is 11.1. The number of hydrogen-bond acceptors (Lipinski definition) is 4. The molecule has 1 heterocycles. The smallest absolute Gasteiger partial charge is 0.269 e. The Morgan fingerprint density at radius 1 is 1.11 bits per heavy atom. The number of carbonyl (C=O) groups excluding carboxylic acids is 2. The molecule has 1 aromatic heterocycles. The van der Waals surface area contributed by atoms with Crippen molar-refractivity contribution in [1.82, 2.24) is 25.6 Å². The van der Waals surface area contributed by atoms with Crippen molar-refractivity contribution in [1.29, 1.82) is 0 Å². The maximum atomic E-state index is 12.1. The van der Waals surface area contributed by atoms with Crippen LogP contribution in [-0.4, -0.2) is 26.6 Å². The number of aromatic nitrogens is 3. The van der Waals surface area contributed by atoms with Crippen LogP contribution in [0.5, 0.6) is 0 Å². The van der Waals surface area contributed by atoms with Crippen molar-refractivity contribution in [3.8, 4) is 11.4 Å². The quantitative estimate of drug-likeness (QED) is 0.439. The van der Waals surface area contributed by atoms with Crippen LogP contribution in [0.4, 0.5) is 0 Å². The first-order chi connectivity index (χ1) is 13.4. The Morgan fingerprint density at radius 3 is 2.46 bits per heavy atom. The van der Waals surface area contributed by atoms with Gasteiger partial charge in [0.05, 0.1) is 0 Å². The largest absolute Gasteiger partial charge is 0.300 e. The van der Waals surface area contributed by atoms with Gasteiger partial charge in [-0.3, -0.25) is 30.1 Å². The second-order valence-corrected chi connectivity index (χ2v) is 6.95. The van der Waals surface area contributed by atoms with E-state index in [2.05, 4.69) is 21.0 Å².